The summed E-state index contributed by atoms with van der Waals surface area (Å²) in [5.41, 5.74) is 0.272. The highest BCUT2D eigenvalue weighted by Crippen LogP contribution is 2.39. The molecule has 1 unspecified atom stereocenters. The smallest absolute Gasteiger partial charge is 0.266 e. The monoisotopic (exact) mass is 359 g/mol. The van der Waals surface area contributed by atoms with E-state index in [2.05, 4.69) is 10.2 Å². The van der Waals surface area contributed by atoms with Crippen LogP contribution in [0.2, 0.25) is 0 Å². The van der Waals surface area contributed by atoms with Crippen LogP contribution in [0.5, 0.6) is 11.5 Å². The van der Waals surface area contributed by atoms with Gasteiger partial charge >= 0.3 is 0 Å². The molecule has 1 aliphatic rings. The van der Waals surface area contributed by atoms with Crippen molar-refractivity contribution in [1.82, 2.24) is 15.1 Å². The molecule has 138 valence electrons. The first-order chi connectivity index (χ1) is 12.5. The highest BCUT2D eigenvalue weighted by Gasteiger charge is 2.30. The summed E-state index contributed by atoms with van der Waals surface area (Å²) in [6.45, 7) is 1.12. The molecule has 0 saturated carbocycles. The summed E-state index contributed by atoms with van der Waals surface area (Å²) in [6.07, 6.45) is 0.697. The molecule has 0 aliphatic carbocycles. The first kappa shape index (κ1) is 17.8. The van der Waals surface area contributed by atoms with E-state index in [0.717, 1.165) is 18.1 Å². The summed E-state index contributed by atoms with van der Waals surface area (Å²) >= 11 is 0. The van der Waals surface area contributed by atoms with E-state index < -0.39 is 11.1 Å². The van der Waals surface area contributed by atoms with Crippen molar-refractivity contribution in [2.45, 2.75) is 18.8 Å². The van der Waals surface area contributed by atoms with Crippen LogP contribution in [0.15, 0.2) is 33.9 Å². The molecule has 8 nitrogen and oxygen atoms in total. The van der Waals surface area contributed by atoms with Crippen molar-refractivity contribution in [2.75, 3.05) is 27.3 Å². The Morgan fingerprint density at radius 1 is 1.23 bits per heavy atom. The van der Waals surface area contributed by atoms with Gasteiger partial charge in [0.1, 0.15) is 0 Å². The van der Waals surface area contributed by atoms with Gasteiger partial charge in [-0.05, 0) is 12.5 Å². The lowest BCUT2D eigenvalue weighted by atomic mass is 9.97. The average molecular weight is 359 g/mol. The van der Waals surface area contributed by atoms with E-state index in [-0.39, 0.29) is 23.8 Å². The summed E-state index contributed by atoms with van der Waals surface area (Å²) in [7, 11) is 3.18. The molecular formula is C18H21N3O5. The van der Waals surface area contributed by atoms with Gasteiger partial charge in [-0.25, -0.2) is 0 Å². The summed E-state index contributed by atoms with van der Waals surface area (Å²) in [4.78, 5) is 37.3. The Hall–Kier alpha value is -3.03. The third kappa shape index (κ3) is 3.49. The second kappa shape index (κ2) is 7.47. The third-order valence-corrected chi connectivity index (χ3v) is 4.65. The van der Waals surface area contributed by atoms with E-state index in [1.807, 2.05) is 18.2 Å². The molecule has 0 radical (unpaired) electrons. The molecule has 0 bridgehead atoms. The number of benzene rings is 1. The number of H-pyrrole nitrogens is 2. The number of aromatic nitrogens is 2. The number of rotatable bonds is 5. The minimum Gasteiger partial charge on any atom is -0.493 e. The Balaban J connectivity index is 1.74. The summed E-state index contributed by atoms with van der Waals surface area (Å²) in [6, 6.07) is 6.87. The zero-order valence-corrected chi connectivity index (χ0v) is 14.7. The van der Waals surface area contributed by atoms with Gasteiger partial charge < -0.3 is 14.4 Å². The number of para-hydroxylation sites is 1. The average Bonchev–Trinajstić information content (AvgIpc) is 3.14. The minimum atomic E-state index is -0.455. The van der Waals surface area contributed by atoms with Crippen LogP contribution < -0.4 is 20.6 Å². The standard InChI is InChI=1S/C18H21N3O5/c1-25-14-5-3-4-13(17(14)26-2)11-6-7-21(10-11)16(23)9-12-8-15(22)19-20-18(12)24/h3-5,8,11H,6-7,9-10H2,1-2H3,(H,19,22)(H,20,24). The topological polar surface area (TPSA) is 104 Å². The van der Waals surface area contributed by atoms with Crippen LogP contribution in [0.25, 0.3) is 0 Å². The van der Waals surface area contributed by atoms with Gasteiger partial charge in [0.15, 0.2) is 11.5 Å². The molecule has 2 N–H and O–H groups in total. The number of amides is 1. The van der Waals surface area contributed by atoms with Gasteiger partial charge in [0.2, 0.25) is 5.91 Å². The number of hydrogen-bond acceptors (Lipinski definition) is 5. The lowest BCUT2D eigenvalue weighted by Gasteiger charge is -2.19. The van der Waals surface area contributed by atoms with Crippen LogP contribution in [0.4, 0.5) is 0 Å². The first-order valence-electron chi connectivity index (χ1n) is 8.33. The maximum absolute atomic E-state index is 12.5. The Morgan fingerprint density at radius 3 is 2.77 bits per heavy atom. The molecule has 1 saturated heterocycles. The van der Waals surface area contributed by atoms with Crippen LogP contribution in [-0.4, -0.2) is 48.3 Å². The molecule has 3 rings (SSSR count). The number of carbonyl (C=O) groups is 1. The van der Waals surface area contributed by atoms with Crippen LogP contribution in [0, 0.1) is 0 Å². The number of ether oxygens (including phenoxy) is 2. The van der Waals surface area contributed by atoms with Crippen LogP contribution in [0.3, 0.4) is 0 Å². The number of nitrogens with one attached hydrogen (secondary N) is 2. The lowest BCUT2D eigenvalue weighted by molar-refractivity contribution is -0.129. The maximum Gasteiger partial charge on any atom is 0.266 e. The largest absolute Gasteiger partial charge is 0.493 e. The molecule has 2 heterocycles. The quantitative estimate of drug-likeness (QED) is 0.815. The van der Waals surface area contributed by atoms with Gasteiger partial charge in [-0.15, -0.1) is 0 Å². The fourth-order valence-corrected chi connectivity index (χ4v) is 3.34. The molecule has 1 amide bonds. The van der Waals surface area contributed by atoms with Gasteiger partial charge in [0.25, 0.3) is 11.1 Å². The summed E-state index contributed by atoms with van der Waals surface area (Å²) in [5, 5.41) is 4.42. The molecule has 1 aliphatic heterocycles. The highest BCUT2D eigenvalue weighted by molar-refractivity contribution is 5.79. The fourth-order valence-electron chi connectivity index (χ4n) is 3.34. The van der Waals surface area contributed by atoms with Crippen molar-refractivity contribution in [3.8, 4) is 11.5 Å². The summed E-state index contributed by atoms with van der Waals surface area (Å²) < 4.78 is 10.8. The highest BCUT2D eigenvalue weighted by atomic mass is 16.5. The lowest BCUT2D eigenvalue weighted by Crippen LogP contribution is -2.33. The second-order valence-electron chi connectivity index (χ2n) is 6.20. The van der Waals surface area contributed by atoms with E-state index in [1.54, 1.807) is 19.1 Å². The van der Waals surface area contributed by atoms with E-state index in [9.17, 15) is 14.4 Å². The third-order valence-electron chi connectivity index (χ3n) is 4.65. The van der Waals surface area contributed by atoms with Crippen molar-refractivity contribution >= 4 is 5.91 Å². The zero-order chi connectivity index (χ0) is 18.7. The zero-order valence-electron chi connectivity index (χ0n) is 14.7. The van der Waals surface area contributed by atoms with Gasteiger partial charge in [0, 0.05) is 36.2 Å². The number of carbonyl (C=O) groups excluding carboxylic acids is 1. The van der Waals surface area contributed by atoms with Crippen molar-refractivity contribution in [3.05, 3.63) is 56.1 Å². The predicted molar refractivity (Wildman–Crippen MR) is 94.9 cm³/mol. The van der Waals surface area contributed by atoms with Crippen LogP contribution in [-0.2, 0) is 11.2 Å². The van der Waals surface area contributed by atoms with E-state index >= 15 is 0 Å². The second-order valence-corrected chi connectivity index (χ2v) is 6.20. The predicted octanol–water partition coefficient (Wildman–Crippen LogP) is 0.639. The number of likely N-dealkylation sites (tertiary alicyclic amines) is 1. The number of hydrogen-bond donors (Lipinski definition) is 2. The van der Waals surface area contributed by atoms with Crippen LogP contribution in [0.1, 0.15) is 23.5 Å². The van der Waals surface area contributed by atoms with E-state index in [1.165, 1.54) is 0 Å². The van der Waals surface area contributed by atoms with Crippen molar-refractivity contribution in [3.63, 3.8) is 0 Å². The fraction of sp³-hybridized carbons (Fsp3) is 0.389. The molecule has 1 aromatic heterocycles. The molecule has 0 spiro atoms. The minimum absolute atomic E-state index is 0.0960. The molecule has 1 atom stereocenters. The van der Waals surface area contributed by atoms with Gasteiger partial charge in [-0.2, -0.15) is 0 Å². The molecular weight excluding hydrogens is 338 g/mol. The SMILES string of the molecule is COc1cccc(C2CCN(C(=O)Cc3cc(=O)[nH][nH]c3=O)C2)c1OC. The van der Waals surface area contributed by atoms with E-state index in [4.69, 9.17) is 9.47 Å². The molecule has 2 aromatic rings. The maximum atomic E-state index is 12.5. The van der Waals surface area contributed by atoms with Gasteiger partial charge in [0.05, 0.1) is 20.6 Å². The Labute approximate surface area is 149 Å². The number of aromatic amines is 2. The van der Waals surface area contributed by atoms with Gasteiger partial charge in [-0.1, -0.05) is 12.1 Å². The van der Waals surface area contributed by atoms with Crippen molar-refractivity contribution < 1.29 is 14.3 Å². The first-order valence-corrected chi connectivity index (χ1v) is 8.33. The van der Waals surface area contributed by atoms with Gasteiger partial charge in [-0.3, -0.25) is 24.6 Å². The van der Waals surface area contributed by atoms with Crippen LogP contribution >= 0.6 is 0 Å². The molecule has 1 fully saturated rings. The normalized spacial score (nSPS) is 16.5. The Kier molecular flexibility index (Phi) is 5.11. The number of nitrogens with zero attached hydrogens (tertiary/aromatic N) is 1. The number of methoxy groups -OCH3 is 2. The molecule has 26 heavy (non-hydrogen) atoms. The Bertz CT molecular complexity index is 918. The van der Waals surface area contributed by atoms with E-state index in [0.29, 0.717) is 24.6 Å². The van der Waals surface area contributed by atoms with Crippen molar-refractivity contribution in [2.24, 2.45) is 0 Å². The Morgan fingerprint density at radius 2 is 2.04 bits per heavy atom. The van der Waals surface area contributed by atoms with Crippen molar-refractivity contribution in [1.29, 1.82) is 0 Å². The molecule has 8 heteroatoms. The summed E-state index contributed by atoms with van der Waals surface area (Å²) in [5.74, 6) is 1.29. The molecule has 1 aromatic carbocycles.